The van der Waals surface area contributed by atoms with Crippen molar-refractivity contribution in [3.63, 3.8) is 0 Å². The third kappa shape index (κ3) is 4.48. The van der Waals surface area contributed by atoms with Crippen LogP contribution in [0.3, 0.4) is 0 Å². The van der Waals surface area contributed by atoms with Crippen molar-refractivity contribution in [2.75, 3.05) is 20.8 Å². The van der Waals surface area contributed by atoms with E-state index in [9.17, 15) is 4.79 Å². The molecule has 0 aliphatic rings. The van der Waals surface area contributed by atoms with Crippen molar-refractivity contribution in [2.45, 2.75) is 13.3 Å². The molecule has 0 aliphatic heterocycles. The van der Waals surface area contributed by atoms with E-state index in [1.54, 1.807) is 32.4 Å². The van der Waals surface area contributed by atoms with E-state index in [1.165, 1.54) is 6.08 Å². The van der Waals surface area contributed by atoms with E-state index in [0.29, 0.717) is 23.1 Å². The molecule has 1 aromatic carbocycles. The minimum absolute atomic E-state index is 0.179. The van der Waals surface area contributed by atoms with Crippen LogP contribution in [0.5, 0.6) is 11.5 Å². The number of nitrogens with one attached hydrogen (secondary N) is 1. The average Bonchev–Trinajstić information content (AvgIpc) is 2.42. The SMILES string of the molecule is CCCOc1c(Cl)cc(/C=C/C(=O)NC)cc1OC. The number of methoxy groups -OCH3 is 1. The van der Waals surface area contributed by atoms with Crippen molar-refractivity contribution < 1.29 is 14.3 Å². The summed E-state index contributed by atoms with van der Waals surface area (Å²) < 4.78 is 10.8. The van der Waals surface area contributed by atoms with Gasteiger partial charge in [0.25, 0.3) is 0 Å². The molecule has 104 valence electrons. The highest BCUT2D eigenvalue weighted by Gasteiger charge is 2.10. The van der Waals surface area contributed by atoms with Crippen molar-refractivity contribution in [2.24, 2.45) is 0 Å². The maximum absolute atomic E-state index is 11.1. The lowest BCUT2D eigenvalue weighted by Crippen LogP contribution is -2.13. The highest BCUT2D eigenvalue weighted by molar-refractivity contribution is 6.32. The molecule has 1 rings (SSSR count). The van der Waals surface area contributed by atoms with E-state index in [0.717, 1.165) is 12.0 Å². The Hall–Kier alpha value is -1.68. The Balaban J connectivity index is 3.01. The fraction of sp³-hybridized carbons (Fsp3) is 0.357. The van der Waals surface area contributed by atoms with Gasteiger partial charge in [0.1, 0.15) is 0 Å². The van der Waals surface area contributed by atoms with Gasteiger partial charge in [0.05, 0.1) is 18.7 Å². The van der Waals surface area contributed by atoms with Gasteiger partial charge in [0, 0.05) is 13.1 Å². The summed E-state index contributed by atoms with van der Waals surface area (Å²) in [6.07, 6.45) is 3.98. The quantitative estimate of drug-likeness (QED) is 0.817. The third-order valence-corrected chi connectivity index (χ3v) is 2.66. The normalized spacial score (nSPS) is 10.5. The van der Waals surface area contributed by atoms with Crippen LogP contribution in [0.4, 0.5) is 0 Å². The van der Waals surface area contributed by atoms with Gasteiger partial charge in [-0.1, -0.05) is 18.5 Å². The van der Waals surface area contributed by atoms with Crippen LogP contribution in [0.15, 0.2) is 18.2 Å². The Kier molecular flexibility index (Phi) is 6.22. The van der Waals surface area contributed by atoms with E-state index < -0.39 is 0 Å². The van der Waals surface area contributed by atoms with E-state index in [1.807, 2.05) is 6.92 Å². The van der Waals surface area contributed by atoms with Crippen LogP contribution in [0.1, 0.15) is 18.9 Å². The van der Waals surface area contributed by atoms with Crippen molar-refractivity contribution in [3.05, 3.63) is 28.8 Å². The molecule has 1 aromatic rings. The van der Waals surface area contributed by atoms with Crippen LogP contribution in [-0.4, -0.2) is 26.7 Å². The molecule has 0 fully saturated rings. The first-order valence-electron chi connectivity index (χ1n) is 6.02. The molecule has 0 bridgehead atoms. The average molecular weight is 284 g/mol. The zero-order valence-corrected chi connectivity index (χ0v) is 12.1. The Morgan fingerprint density at radius 1 is 1.47 bits per heavy atom. The van der Waals surface area contributed by atoms with Crippen LogP contribution in [0.25, 0.3) is 6.08 Å². The first-order valence-corrected chi connectivity index (χ1v) is 6.40. The van der Waals surface area contributed by atoms with Gasteiger partial charge in [-0.3, -0.25) is 4.79 Å². The topological polar surface area (TPSA) is 47.6 Å². The summed E-state index contributed by atoms with van der Waals surface area (Å²) in [7, 11) is 3.12. The van der Waals surface area contributed by atoms with E-state index >= 15 is 0 Å². The molecule has 0 radical (unpaired) electrons. The molecule has 0 aromatic heterocycles. The molecule has 0 unspecified atom stereocenters. The van der Waals surface area contributed by atoms with Crippen LogP contribution in [0.2, 0.25) is 5.02 Å². The Morgan fingerprint density at radius 2 is 2.21 bits per heavy atom. The Bertz CT molecular complexity index is 472. The molecule has 0 saturated carbocycles. The van der Waals surface area contributed by atoms with Gasteiger partial charge < -0.3 is 14.8 Å². The number of likely N-dealkylation sites (N-methyl/N-ethyl adjacent to an activating group) is 1. The summed E-state index contributed by atoms with van der Waals surface area (Å²) in [4.78, 5) is 11.1. The van der Waals surface area contributed by atoms with Gasteiger partial charge >= 0.3 is 0 Å². The Labute approximate surface area is 118 Å². The molecule has 0 heterocycles. The van der Waals surface area contributed by atoms with E-state index in [2.05, 4.69) is 5.32 Å². The van der Waals surface area contributed by atoms with E-state index in [4.69, 9.17) is 21.1 Å². The number of hydrogen-bond donors (Lipinski definition) is 1. The van der Waals surface area contributed by atoms with Crippen LogP contribution < -0.4 is 14.8 Å². The van der Waals surface area contributed by atoms with Crippen molar-refractivity contribution >= 4 is 23.6 Å². The summed E-state index contributed by atoms with van der Waals surface area (Å²) >= 11 is 6.16. The smallest absolute Gasteiger partial charge is 0.243 e. The first kappa shape index (κ1) is 15.4. The largest absolute Gasteiger partial charge is 0.493 e. The molecule has 19 heavy (non-hydrogen) atoms. The number of carbonyl (C=O) groups is 1. The fourth-order valence-electron chi connectivity index (χ4n) is 1.44. The highest BCUT2D eigenvalue weighted by atomic mass is 35.5. The number of benzene rings is 1. The lowest BCUT2D eigenvalue weighted by atomic mass is 10.2. The molecule has 0 saturated heterocycles. The zero-order valence-electron chi connectivity index (χ0n) is 11.3. The molecule has 1 amide bonds. The molecule has 5 heteroatoms. The molecule has 1 N–H and O–H groups in total. The second-order valence-corrected chi connectivity index (χ2v) is 4.24. The highest BCUT2D eigenvalue weighted by Crippen LogP contribution is 2.36. The van der Waals surface area contributed by atoms with Crippen molar-refractivity contribution in [1.29, 1.82) is 0 Å². The summed E-state index contributed by atoms with van der Waals surface area (Å²) in [6.45, 7) is 2.59. The van der Waals surface area contributed by atoms with Gasteiger partial charge in [0.2, 0.25) is 5.91 Å². The number of carbonyl (C=O) groups excluding carboxylic acids is 1. The van der Waals surface area contributed by atoms with Gasteiger partial charge in [-0.25, -0.2) is 0 Å². The summed E-state index contributed by atoms with van der Waals surface area (Å²) in [5.41, 5.74) is 0.772. The minimum atomic E-state index is -0.179. The maximum Gasteiger partial charge on any atom is 0.243 e. The molecule has 0 spiro atoms. The molecular weight excluding hydrogens is 266 g/mol. The number of amides is 1. The monoisotopic (exact) mass is 283 g/mol. The number of rotatable bonds is 6. The number of ether oxygens (including phenoxy) is 2. The second kappa shape index (κ2) is 7.69. The van der Waals surface area contributed by atoms with Crippen LogP contribution in [0, 0.1) is 0 Å². The van der Waals surface area contributed by atoms with Gasteiger partial charge in [-0.15, -0.1) is 0 Å². The van der Waals surface area contributed by atoms with Crippen LogP contribution in [-0.2, 0) is 4.79 Å². The molecule has 0 aliphatic carbocycles. The number of hydrogen-bond acceptors (Lipinski definition) is 3. The minimum Gasteiger partial charge on any atom is -0.493 e. The molecule has 0 atom stereocenters. The maximum atomic E-state index is 11.1. The lowest BCUT2D eigenvalue weighted by molar-refractivity contribution is -0.115. The zero-order chi connectivity index (χ0) is 14.3. The standard InChI is InChI=1S/C14H18ClNO3/c1-4-7-19-14-11(15)8-10(9-12(14)18-3)5-6-13(17)16-2/h5-6,8-9H,4,7H2,1-3H3,(H,16,17)/b6-5+. The van der Waals surface area contributed by atoms with Crippen LogP contribution >= 0.6 is 11.6 Å². The van der Waals surface area contributed by atoms with Gasteiger partial charge in [0.15, 0.2) is 11.5 Å². The van der Waals surface area contributed by atoms with Crippen molar-refractivity contribution in [3.8, 4) is 11.5 Å². The predicted octanol–water partition coefficient (Wildman–Crippen LogP) is 2.90. The van der Waals surface area contributed by atoms with Crippen molar-refractivity contribution in [1.82, 2.24) is 5.32 Å². The Morgan fingerprint density at radius 3 is 2.79 bits per heavy atom. The van der Waals surface area contributed by atoms with Gasteiger partial charge in [-0.2, -0.15) is 0 Å². The third-order valence-electron chi connectivity index (χ3n) is 2.38. The summed E-state index contributed by atoms with van der Waals surface area (Å²) in [5.74, 6) is 0.905. The van der Waals surface area contributed by atoms with Gasteiger partial charge in [-0.05, 0) is 30.2 Å². The fourth-order valence-corrected chi connectivity index (χ4v) is 1.71. The summed E-state index contributed by atoms with van der Waals surface area (Å²) in [5, 5.41) is 2.97. The predicted molar refractivity (Wildman–Crippen MR) is 76.9 cm³/mol. The molecular formula is C14H18ClNO3. The lowest BCUT2D eigenvalue weighted by Gasteiger charge is -2.12. The summed E-state index contributed by atoms with van der Waals surface area (Å²) in [6, 6.07) is 3.50. The molecule has 4 nitrogen and oxygen atoms in total. The second-order valence-electron chi connectivity index (χ2n) is 3.83. The number of halogens is 1. The van der Waals surface area contributed by atoms with E-state index in [-0.39, 0.29) is 5.91 Å². The first-order chi connectivity index (χ1) is 9.12.